The minimum atomic E-state index is -0.933. The van der Waals surface area contributed by atoms with E-state index in [4.69, 9.17) is 18.9 Å². The van der Waals surface area contributed by atoms with Gasteiger partial charge in [-0.05, 0) is 29.8 Å². The highest BCUT2D eigenvalue weighted by Crippen LogP contribution is 2.38. The normalized spacial score (nSPS) is 10.2. The molecule has 7 nitrogen and oxygen atoms in total. The van der Waals surface area contributed by atoms with Crippen molar-refractivity contribution in [2.75, 3.05) is 33.3 Å². The van der Waals surface area contributed by atoms with E-state index in [0.717, 1.165) is 12.1 Å². The molecule has 0 aromatic heterocycles. The maximum absolute atomic E-state index is 13.5. The molecule has 150 valence electrons. The van der Waals surface area contributed by atoms with Gasteiger partial charge in [0.15, 0.2) is 18.1 Å². The predicted octanol–water partition coefficient (Wildman–Crippen LogP) is 2.72. The third-order valence-electron chi connectivity index (χ3n) is 3.64. The average Bonchev–Trinajstić information content (AvgIpc) is 2.67. The highest BCUT2D eigenvalue weighted by atomic mass is 19.1. The Morgan fingerprint density at radius 1 is 0.964 bits per heavy atom. The number of rotatable bonds is 8. The number of anilines is 1. The SMILES string of the molecule is COc1cc(CC(=O)OCC(=O)Nc2ccc(F)cc2F)cc(OC)c1OC. The molecule has 0 heterocycles. The summed E-state index contributed by atoms with van der Waals surface area (Å²) in [6.45, 7) is -0.625. The van der Waals surface area contributed by atoms with Crippen LogP contribution in [0.4, 0.5) is 14.5 Å². The first-order chi connectivity index (χ1) is 13.4. The Kier molecular flexibility index (Phi) is 7.14. The van der Waals surface area contributed by atoms with Crippen LogP contribution in [0.3, 0.4) is 0 Å². The summed E-state index contributed by atoms with van der Waals surface area (Å²) in [6.07, 6.45) is -0.158. The fourth-order valence-electron chi connectivity index (χ4n) is 2.38. The van der Waals surface area contributed by atoms with Gasteiger partial charge in [0.05, 0.1) is 33.4 Å². The van der Waals surface area contributed by atoms with Crippen LogP contribution in [-0.4, -0.2) is 39.8 Å². The van der Waals surface area contributed by atoms with E-state index in [1.54, 1.807) is 12.1 Å². The lowest BCUT2D eigenvalue weighted by atomic mass is 10.1. The molecule has 0 atom stereocenters. The van der Waals surface area contributed by atoms with Gasteiger partial charge < -0.3 is 24.3 Å². The molecule has 0 fully saturated rings. The number of ether oxygens (including phenoxy) is 4. The summed E-state index contributed by atoms with van der Waals surface area (Å²) < 4.78 is 46.8. The summed E-state index contributed by atoms with van der Waals surface area (Å²) >= 11 is 0. The summed E-state index contributed by atoms with van der Waals surface area (Å²) in [4.78, 5) is 23.8. The Hall–Kier alpha value is -3.36. The number of hydrogen-bond acceptors (Lipinski definition) is 6. The van der Waals surface area contributed by atoms with E-state index < -0.39 is 30.1 Å². The summed E-state index contributed by atoms with van der Waals surface area (Å²) in [5, 5.41) is 2.19. The molecule has 1 amide bonds. The van der Waals surface area contributed by atoms with Crippen LogP contribution in [0.25, 0.3) is 0 Å². The lowest BCUT2D eigenvalue weighted by molar-refractivity contribution is -0.146. The summed E-state index contributed by atoms with van der Waals surface area (Å²) in [7, 11) is 4.34. The number of nitrogens with one attached hydrogen (secondary N) is 1. The third kappa shape index (κ3) is 5.32. The van der Waals surface area contributed by atoms with Crippen molar-refractivity contribution in [3.05, 3.63) is 47.5 Å². The molecule has 0 spiro atoms. The maximum Gasteiger partial charge on any atom is 0.310 e. The van der Waals surface area contributed by atoms with Gasteiger partial charge in [-0.2, -0.15) is 0 Å². The quantitative estimate of drug-likeness (QED) is 0.692. The number of benzene rings is 2. The highest BCUT2D eigenvalue weighted by Gasteiger charge is 2.16. The van der Waals surface area contributed by atoms with Crippen LogP contribution in [0.15, 0.2) is 30.3 Å². The minimum Gasteiger partial charge on any atom is -0.493 e. The van der Waals surface area contributed by atoms with E-state index in [0.29, 0.717) is 28.9 Å². The van der Waals surface area contributed by atoms with Gasteiger partial charge in [0, 0.05) is 6.07 Å². The number of carbonyl (C=O) groups excluding carboxylic acids is 2. The molecule has 0 unspecified atom stereocenters. The van der Waals surface area contributed by atoms with Crippen LogP contribution in [0.1, 0.15) is 5.56 Å². The molecule has 0 bridgehead atoms. The van der Waals surface area contributed by atoms with Crippen LogP contribution in [0.5, 0.6) is 17.2 Å². The Bertz CT molecular complexity index is 846. The summed E-state index contributed by atoms with van der Waals surface area (Å²) in [6, 6.07) is 5.86. The van der Waals surface area contributed by atoms with Gasteiger partial charge in [0.2, 0.25) is 5.75 Å². The molecule has 2 rings (SSSR count). The number of halogens is 2. The molecule has 0 radical (unpaired) electrons. The molecule has 0 aliphatic heterocycles. The number of amides is 1. The van der Waals surface area contributed by atoms with Crippen LogP contribution >= 0.6 is 0 Å². The van der Waals surface area contributed by atoms with Crippen molar-refractivity contribution in [3.8, 4) is 17.2 Å². The second-order valence-corrected chi connectivity index (χ2v) is 5.54. The number of hydrogen-bond donors (Lipinski definition) is 1. The lowest BCUT2D eigenvalue weighted by Gasteiger charge is -2.14. The van der Waals surface area contributed by atoms with E-state index in [9.17, 15) is 18.4 Å². The van der Waals surface area contributed by atoms with E-state index in [1.807, 2.05) is 0 Å². The van der Waals surface area contributed by atoms with Crippen molar-refractivity contribution in [2.24, 2.45) is 0 Å². The van der Waals surface area contributed by atoms with Gasteiger partial charge in [0.25, 0.3) is 5.91 Å². The van der Waals surface area contributed by atoms with E-state index in [2.05, 4.69) is 5.32 Å². The van der Waals surface area contributed by atoms with Gasteiger partial charge in [-0.25, -0.2) is 8.78 Å². The van der Waals surface area contributed by atoms with Crippen molar-refractivity contribution < 1.29 is 37.3 Å². The van der Waals surface area contributed by atoms with E-state index in [-0.39, 0.29) is 12.1 Å². The van der Waals surface area contributed by atoms with Crippen molar-refractivity contribution in [1.82, 2.24) is 0 Å². The third-order valence-corrected chi connectivity index (χ3v) is 3.64. The van der Waals surface area contributed by atoms with Crippen molar-refractivity contribution >= 4 is 17.6 Å². The summed E-state index contributed by atoms with van der Waals surface area (Å²) in [5.41, 5.74) is 0.302. The van der Waals surface area contributed by atoms with Gasteiger partial charge in [-0.3, -0.25) is 9.59 Å². The Balaban J connectivity index is 1.96. The zero-order valence-electron chi connectivity index (χ0n) is 15.5. The highest BCUT2D eigenvalue weighted by molar-refractivity contribution is 5.93. The molecule has 9 heteroatoms. The van der Waals surface area contributed by atoms with Crippen LogP contribution < -0.4 is 19.5 Å². The fraction of sp³-hybridized carbons (Fsp3) is 0.263. The lowest BCUT2D eigenvalue weighted by Crippen LogP contribution is -2.22. The molecular formula is C19H19F2NO6. The Labute approximate surface area is 160 Å². The smallest absolute Gasteiger partial charge is 0.310 e. The van der Waals surface area contributed by atoms with Crippen molar-refractivity contribution in [1.29, 1.82) is 0 Å². The molecule has 2 aromatic rings. The second kappa shape index (κ2) is 9.54. The first-order valence-electron chi connectivity index (χ1n) is 8.07. The monoisotopic (exact) mass is 395 g/mol. The van der Waals surface area contributed by atoms with Gasteiger partial charge >= 0.3 is 5.97 Å². The summed E-state index contributed by atoms with van der Waals surface area (Å²) in [5.74, 6) is -2.04. The fourth-order valence-corrected chi connectivity index (χ4v) is 2.38. The molecule has 0 aliphatic carbocycles. The molecule has 0 saturated carbocycles. The van der Waals surface area contributed by atoms with Crippen LogP contribution in [0.2, 0.25) is 0 Å². The largest absolute Gasteiger partial charge is 0.493 e. The molecule has 1 N–H and O–H groups in total. The predicted molar refractivity (Wildman–Crippen MR) is 95.7 cm³/mol. The van der Waals surface area contributed by atoms with E-state index >= 15 is 0 Å². The number of esters is 1. The topological polar surface area (TPSA) is 83.1 Å². The Morgan fingerprint density at radius 2 is 1.61 bits per heavy atom. The van der Waals surface area contributed by atoms with Gasteiger partial charge in [-0.1, -0.05) is 0 Å². The Morgan fingerprint density at radius 3 is 2.14 bits per heavy atom. The number of carbonyl (C=O) groups is 2. The van der Waals surface area contributed by atoms with Gasteiger partial charge in [0.1, 0.15) is 11.6 Å². The van der Waals surface area contributed by atoms with Crippen LogP contribution in [-0.2, 0) is 20.7 Å². The minimum absolute atomic E-state index is 0.158. The first-order valence-corrected chi connectivity index (χ1v) is 8.07. The van der Waals surface area contributed by atoms with Crippen molar-refractivity contribution in [3.63, 3.8) is 0 Å². The maximum atomic E-state index is 13.5. The molecule has 28 heavy (non-hydrogen) atoms. The van der Waals surface area contributed by atoms with Crippen molar-refractivity contribution in [2.45, 2.75) is 6.42 Å². The molecule has 2 aromatic carbocycles. The number of methoxy groups -OCH3 is 3. The molecule has 0 saturated heterocycles. The second-order valence-electron chi connectivity index (χ2n) is 5.54. The molecule has 0 aliphatic rings. The average molecular weight is 395 g/mol. The van der Waals surface area contributed by atoms with Crippen LogP contribution in [0, 0.1) is 11.6 Å². The standard InChI is InChI=1S/C19H19F2NO6/c1-25-15-6-11(7-16(26-2)19(15)27-3)8-18(24)28-10-17(23)22-14-5-4-12(20)9-13(14)21/h4-7,9H,8,10H2,1-3H3,(H,22,23). The molecular weight excluding hydrogens is 376 g/mol. The first kappa shape index (κ1) is 20.9. The zero-order chi connectivity index (χ0) is 20.7. The van der Waals surface area contributed by atoms with Gasteiger partial charge in [-0.15, -0.1) is 0 Å². The zero-order valence-corrected chi connectivity index (χ0v) is 15.5. The van der Waals surface area contributed by atoms with E-state index in [1.165, 1.54) is 21.3 Å².